The molecule has 4 amide bonds. The molecule has 2 aliphatic heterocycles. The fourth-order valence-corrected chi connectivity index (χ4v) is 5.08. The molecule has 0 aliphatic carbocycles. The lowest BCUT2D eigenvalue weighted by Gasteiger charge is -2.15. The lowest BCUT2D eigenvalue weighted by molar-refractivity contribution is 0.0910. The summed E-state index contributed by atoms with van der Waals surface area (Å²) in [6, 6.07) is 21.4. The highest BCUT2D eigenvalue weighted by molar-refractivity contribution is 6.41. The summed E-state index contributed by atoms with van der Waals surface area (Å²) in [5, 5.41) is 0.475. The molecule has 4 aromatic carbocycles. The Labute approximate surface area is 225 Å². The van der Waals surface area contributed by atoms with Gasteiger partial charge >= 0.3 is 0 Å². The van der Waals surface area contributed by atoms with Crippen LogP contribution in [0.5, 0.6) is 0 Å². The smallest absolute Gasteiger partial charge is 0.266 e. The standard InChI is InChI=1S/C29H14Cl2N2O5/c30-21-5-1-3-7-23(21)32-26(35)17-11-9-15(13-19(17)28(32)37)25(34)16-10-12-18-20(14-16)29(38)33(27(18)36)24-8-4-2-6-22(24)31/h1-14H. The number of halogens is 2. The van der Waals surface area contributed by atoms with E-state index < -0.39 is 29.4 Å². The molecule has 0 spiro atoms. The van der Waals surface area contributed by atoms with E-state index in [1.54, 1.807) is 48.5 Å². The number of hydrogen-bond acceptors (Lipinski definition) is 5. The van der Waals surface area contributed by atoms with Crippen LogP contribution >= 0.6 is 23.2 Å². The quantitative estimate of drug-likeness (QED) is 0.240. The van der Waals surface area contributed by atoms with Crippen molar-refractivity contribution in [3.63, 3.8) is 0 Å². The minimum absolute atomic E-state index is 0.0677. The third-order valence-corrected chi connectivity index (χ3v) is 7.12. The van der Waals surface area contributed by atoms with Gasteiger partial charge in [0.2, 0.25) is 0 Å². The number of rotatable bonds is 4. The van der Waals surface area contributed by atoms with Crippen molar-refractivity contribution >= 4 is 64.0 Å². The van der Waals surface area contributed by atoms with E-state index in [-0.39, 0.29) is 54.8 Å². The van der Waals surface area contributed by atoms with E-state index in [0.29, 0.717) is 0 Å². The van der Waals surface area contributed by atoms with Crippen LogP contribution in [0.25, 0.3) is 0 Å². The van der Waals surface area contributed by atoms with Gasteiger partial charge in [0.15, 0.2) is 5.78 Å². The number of amides is 4. The second-order valence-corrected chi connectivity index (χ2v) is 9.46. The summed E-state index contributed by atoms with van der Waals surface area (Å²) in [6.07, 6.45) is 0. The van der Waals surface area contributed by atoms with E-state index >= 15 is 0 Å². The van der Waals surface area contributed by atoms with Crippen molar-refractivity contribution in [2.24, 2.45) is 0 Å². The summed E-state index contributed by atoms with van der Waals surface area (Å²) in [5.74, 6) is -2.77. The predicted molar refractivity (Wildman–Crippen MR) is 142 cm³/mol. The lowest BCUT2D eigenvalue weighted by Crippen LogP contribution is -2.29. The number of hydrogen-bond donors (Lipinski definition) is 0. The molecule has 0 saturated carbocycles. The van der Waals surface area contributed by atoms with Gasteiger partial charge in [-0.15, -0.1) is 0 Å². The Morgan fingerprint density at radius 3 is 1.26 bits per heavy atom. The highest BCUT2D eigenvalue weighted by Crippen LogP contribution is 2.35. The zero-order chi connectivity index (χ0) is 26.7. The number of imide groups is 2. The van der Waals surface area contributed by atoms with Crippen molar-refractivity contribution < 1.29 is 24.0 Å². The number of carbonyl (C=O) groups excluding carboxylic acids is 5. The van der Waals surface area contributed by atoms with Crippen LogP contribution in [0, 0.1) is 0 Å². The molecule has 0 radical (unpaired) electrons. The van der Waals surface area contributed by atoms with Gasteiger partial charge in [0, 0.05) is 11.1 Å². The van der Waals surface area contributed by atoms with Gasteiger partial charge < -0.3 is 0 Å². The molecule has 2 aliphatic rings. The minimum Gasteiger partial charge on any atom is -0.289 e. The predicted octanol–water partition coefficient (Wildman–Crippen LogP) is 5.83. The average Bonchev–Trinajstić information content (AvgIpc) is 3.32. The SMILES string of the molecule is O=C(c1ccc2c(c1)C(=O)N(c1ccccc1Cl)C2=O)c1ccc2c(c1)C(=O)N(c1ccccc1Cl)C2=O. The molecule has 0 atom stereocenters. The Balaban J connectivity index is 1.34. The molecular formula is C29H14Cl2N2O5. The van der Waals surface area contributed by atoms with E-state index in [2.05, 4.69) is 0 Å². The molecule has 38 heavy (non-hydrogen) atoms. The number of ketones is 1. The van der Waals surface area contributed by atoms with Crippen LogP contribution in [0.3, 0.4) is 0 Å². The number of carbonyl (C=O) groups is 5. The Bertz CT molecular complexity index is 1640. The topological polar surface area (TPSA) is 91.8 Å². The first-order valence-corrected chi connectivity index (χ1v) is 12.1. The van der Waals surface area contributed by atoms with Crippen LogP contribution < -0.4 is 9.80 Å². The molecular weight excluding hydrogens is 527 g/mol. The first kappa shape index (κ1) is 23.8. The van der Waals surface area contributed by atoms with E-state index in [9.17, 15) is 24.0 Å². The number of anilines is 2. The zero-order valence-corrected chi connectivity index (χ0v) is 20.8. The van der Waals surface area contributed by atoms with Crippen LogP contribution in [-0.2, 0) is 0 Å². The van der Waals surface area contributed by atoms with E-state index in [4.69, 9.17) is 23.2 Å². The molecule has 2 heterocycles. The van der Waals surface area contributed by atoms with E-state index in [1.165, 1.54) is 36.4 Å². The largest absolute Gasteiger partial charge is 0.289 e. The summed E-state index contributed by atoms with van der Waals surface area (Å²) in [7, 11) is 0. The summed E-state index contributed by atoms with van der Waals surface area (Å²) in [5.41, 5.74) is 1.22. The molecule has 0 unspecified atom stereocenters. The first-order chi connectivity index (χ1) is 18.3. The molecule has 0 aromatic heterocycles. The van der Waals surface area contributed by atoms with Gasteiger partial charge in [-0.1, -0.05) is 59.6 Å². The second kappa shape index (κ2) is 8.76. The zero-order valence-electron chi connectivity index (χ0n) is 19.3. The van der Waals surface area contributed by atoms with E-state index in [1.807, 2.05) is 0 Å². The van der Waals surface area contributed by atoms with Gasteiger partial charge in [-0.05, 0) is 48.5 Å². The molecule has 184 valence electrons. The van der Waals surface area contributed by atoms with Crippen LogP contribution in [0.1, 0.15) is 57.4 Å². The molecule has 9 heteroatoms. The maximum atomic E-state index is 13.4. The summed E-state index contributed by atoms with van der Waals surface area (Å²) in [4.78, 5) is 67.5. The molecule has 4 aromatic rings. The van der Waals surface area contributed by atoms with Crippen molar-refractivity contribution in [1.29, 1.82) is 0 Å². The average molecular weight is 541 g/mol. The maximum Gasteiger partial charge on any atom is 0.266 e. The third kappa shape index (κ3) is 3.48. The molecule has 0 bridgehead atoms. The fraction of sp³-hybridized carbons (Fsp3) is 0. The fourth-order valence-electron chi connectivity index (χ4n) is 4.63. The summed E-state index contributed by atoms with van der Waals surface area (Å²) < 4.78 is 0. The molecule has 7 nitrogen and oxygen atoms in total. The van der Waals surface area contributed by atoms with Gasteiger partial charge in [0.05, 0.1) is 43.7 Å². The minimum atomic E-state index is -0.599. The monoisotopic (exact) mass is 540 g/mol. The molecule has 0 fully saturated rings. The van der Waals surface area contributed by atoms with Gasteiger partial charge in [0.1, 0.15) is 0 Å². The van der Waals surface area contributed by atoms with Crippen molar-refractivity contribution in [3.05, 3.63) is 128 Å². The number of fused-ring (bicyclic) bond motifs is 2. The van der Waals surface area contributed by atoms with Crippen molar-refractivity contribution in [2.75, 3.05) is 9.80 Å². The highest BCUT2D eigenvalue weighted by Gasteiger charge is 2.39. The van der Waals surface area contributed by atoms with Gasteiger partial charge in [0.25, 0.3) is 23.6 Å². The van der Waals surface area contributed by atoms with Gasteiger partial charge in [-0.25, -0.2) is 9.80 Å². The highest BCUT2D eigenvalue weighted by atomic mass is 35.5. The van der Waals surface area contributed by atoms with Crippen molar-refractivity contribution in [2.45, 2.75) is 0 Å². The number of nitrogens with zero attached hydrogens (tertiary/aromatic N) is 2. The summed E-state index contributed by atoms with van der Waals surface area (Å²) in [6.45, 7) is 0. The Kier molecular flexibility index (Phi) is 5.48. The van der Waals surface area contributed by atoms with Crippen LogP contribution in [0.4, 0.5) is 11.4 Å². The molecule has 0 saturated heterocycles. The Morgan fingerprint density at radius 1 is 0.500 bits per heavy atom. The normalized spacial score (nSPS) is 14.3. The van der Waals surface area contributed by atoms with Crippen molar-refractivity contribution in [1.82, 2.24) is 0 Å². The van der Waals surface area contributed by atoms with E-state index in [0.717, 1.165) is 9.80 Å². The second-order valence-electron chi connectivity index (χ2n) is 8.64. The molecule has 6 rings (SSSR count). The first-order valence-electron chi connectivity index (χ1n) is 11.4. The third-order valence-electron chi connectivity index (χ3n) is 6.48. The molecule has 0 N–H and O–H groups in total. The Hall–Kier alpha value is -4.59. The number of para-hydroxylation sites is 2. The lowest BCUT2D eigenvalue weighted by atomic mass is 9.96. The van der Waals surface area contributed by atoms with Gasteiger partial charge in [-0.2, -0.15) is 0 Å². The maximum absolute atomic E-state index is 13.4. The van der Waals surface area contributed by atoms with Gasteiger partial charge in [-0.3, -0.25) is 24.0 Å². The van der Waals surface area contributed by atoms with Crippen LogP contribution in [-0.4, -0.2) is 29.4 Å². The van der Waals surface area contributed by atoms with Crippen LogP contribution in [0.2, 0.25) is 10.0 Å². The van der Waals surface area contributed by atoms with Crippen LogP contribution in [0.15, 0.2) is 84.9 Å². The Morgan fingerprint density at radius 2 is 0.868 bits per heavy atom. The van der Waals surface area contributed by atoms with Crippen molar-refractivity contribution in [3.8, 4) is 0 Å². The number of benzene rings is 4. The summed E-state index contributed by atoms with van der Waals surface area (Å²) >= 11 is 12.4.